The van der Waals surface area contributed by atoms with Crippen LogP contribution in [0.4, 0.5) is 0 Å². The van der Waals surface area contributed by atoms with Gasteiger partial charge in [0.1, 0.15) is 0 Å². The van der Waals surface area contributed by atoms with Gasteiger partial charge in [0.05, 0.1) is 18.8 Å². The van der Waals surface area contributed by atoms with Gasteiger partial charge in [0, 0.05) is 11.8 Å². The summed E-state index contributed by atoms with van der Waals surface area (Å²) in [6.07, 6.45) is 4.54. The first-order chi connectivity index (χ1) is 9.46. The molecule has 5 heteroatoms. The zero-order chi connectivity index (χ0) is 15.2. The van der Waals surface area contributed by atoms with Gasteiger partial charge in [-0.1, -0.05) is 13.8 Å². The lowest BCUT2D eigenvalue weighted by atomic mass is 10.1. The topological polar surface area (TPSA) is 55.4 Å². The Kier molecular flexibility index (Phi) is 6.86. The van der Waals surface area contributed by atoms with E-state index in [0.717, 1.165) is 31.4 Å². The van der Waals surface area contributed by atoms with Crippen molar-refractivity contribution in [2.24, 2.45) is 5.41 Å². The minimum Gasteiger partial charge on any atom is -0.469 e. The van der Waals surface area contributed by atoms with Crippen molar-refractivity contribution in [3.05, 3.63) is 0 Å². The third-order valence-electron chi connectivity index (χ3n) is 4.04. The standard InChI is InChI=1S/C15H27NO3S/c1-5-12(6-2)16-14(18)11(3)20-10-15(7-8-15)9-13(17)19-4/h11-12H,5-10H2,1-4H3,(H,16,18). The number of ether oxygens (including phenoxy) is 1. The summed E-state index contributed by atoms with van der Waals surface area (Å²) in [5.41, 5.74) is 0.0845. The van der Waals surface area contributed by atoms with Crippen LogP contribution in [0.2, 0.25) is 0 Å². The molecule has 0 aromatic heterocycles. The van der Waals surface area contributed by atoms with Crippen molar-refractivity contribution in [1.29, 1.82) is 0 Å². The van der Waals surface area contributed by atoms with E-state index in [2.05, 4.69) is 19.2 Å². The summed E-state index contributed by atoms with van der Waals surface area (Å²) in [6, 6.07) is 0.274. The molecular formula is C15H27NO3S. The van der Waals surface area contributed by atoms with Gasteiger partial charge in [-0.25, -0.2) is 0 Å². The van der Waals surface area contributed by atoms with Crippen molar-refractivity contribution in [3.8, 4) is 0 Å². The SMILES string of the molecule is CCC(CC)NC(=O)C(C)SCC1(CC(=O)OC)CC1. The minimum atomic E-state index is -0.141. The maximum atomic E-state index is 12.1. The van der Waals surface area contributed by atoms with Crippen molar-refractivity contribution in [2.45, 2.75) is 64.2 Å². The van der Waals surface area contributed by atoms with Crippen LogP contribution in [0.15, 0.2) is 0 Å². The second-order valence-corrected chi connectivity index (χ2v) is 7.06. The number of hydrogen-bond acceptors (Lipinski definition) is 4. The summed E-state index contributed by atoms with van der Waals surface area (Å²) in [5, 5.41) is 3.01. The lowest BCUT2D eigenvalue weighted by Crippen LogP contribution is -2.39. The Balaban J connectivity index is 2.34. The van der Waals surface area contributed by atoms with Gasteiger partial charge in [0.2, 0.25) is 5.91 Å². The molecule has 20 heavy (non-hydrogen) atoms. The predicted octanol–water partition coefficient (Wildman–Crippen LogP) is 2.76. The number of carbonyl (C=O) groups is 2. The highest BCUT2D eigenvalue weighted by Crippen LogP contribution is 2.51. The van der Waals surface area contributed by atoms with E-state index in [1.807, 2.05) is 6.92 Å². The van der Waals surface area contributed by atoms with Crippen LogP contribution in [0.25, 0.3) is 0 Å². The molecule has 0 aliphatic heterocycles. The van der Waals surface area contributed by atoms with E-state index < -0.39 is 0 Å². The van der Waals surface area contributed by atoms with Gasteiger partial charge < -0.3 is 10.1 Å². The summed E-state index contributed by atoms with van der Waals surface area (Å²) in [7, 11) is 1.43. The lowest BCUT2D eigenvalue weighted by molar-refractivity contribution is -0.141. The van der Waals surface area contributed by atoms with E-state index in [1.54, 1.807) is 11.8 Å². The third kappa shape index (κ3) is 5.35. The number of nitrogens with one attached hydrogen (secondary N) is 1. The predicted molar refractivity (Wildman–Crippen MR) is 82.7 cm³/mol. The quantitative estimate of drug-likeness (QED) is 0.665. The molecule has 0 bridgehead atoms. The summed E-state index contributed by atoms with van der Waals surface area (Å²) in [4.78, 5) is 23.4. The molecule has 1 unspecified atom stereocenters. The Morgan fingerprint density at radius 2 is 1.90 bits per heavy atom. The van der Waals surface area contributed by atoms with Crippen molar-refractivity contribution in [1.82, 2.24) is 5.32 Å². The van der Waals surface area contributed by atoms with E-state index in [4.69, 9.17) is 4.74 Å². The van der Waals surface area contributed by atoms with Gasteiger partial charge >= 0.3 is 5.97 Å². The van der Waals surface area contributed by atoms with Crippen molar-refractivity contribution in [3.63, 3.8) is 0 Å². The molecule has 1 fully saturated rings. The zero-order valence-electron chi connectivity index (χ0n) is 13.0. The third-order valence-corrected chi connectivity index (χ3v) is 5.54. The van der Waals surface area contributed by atoms with Crippen molar-refractivity contribution in [2.75, 3.05) is 12.9 Å². The monoisotopic (exact) mass is 301 g/mol. The first-order valence-corrected chi connectivity index (χ1v) is 8.50. The lowest BCUT2D eigenvalue weighted by Gasteiger charge is -2.20. The van der Waals surface area contributed by atoms with Crippen molar-refractivity contribution < 1.29 is 14.3 Å². The second-order valence-electron chi connectivity index (χ2n) is 5.73. The van der Waals surface area contributed by atoms with E-state index in [9.17, 15) is 9.59 Å². The number of hydrogen-bond donors (Lipinski definition) is 1. The first-order valence-electron chi connectivity index (χ1n) is 7.45. The average Bonchev–Trinajstić information content (AvgIpc) is 3.21. The number of amides is 1. The van der Waals surface area contributed by atoms with E-state index in [-0.39, 0.29) is 28.6 Å². The number of carbonyl (C=O) groups excluding carboxylic acids is 2. The highest BCUT2D eigenvalue weighted by molar-refractivity contribution is 8.00. The molecule has 1 aliphatic carbocycles. The fraction of sp³-hybridized carbons (Fsp3) is 0.867. The van der Waals surface area contributed by atoms with Crippen LogP contribution in [-0.2, 0) is 14.3 Å². The Morgan fingerprint density at radius 1 is 1.30 bits per heavy atom. The van der Waals surface area contributed by atoms with Crippen LogP contribution in [0.3, 0.4) is 0 Å². The Labute approximate surface area is 126 Å². The van der Waals surface area contributed by atoms with E-state index in [0.29, 0.717) is 6.42 Å². The molecular weight excluding hydrogens is 274 g/mol. The van der Waals surface area contributed by atoms with Crippen LogP contribution < -0.4 is 5.32 Å². The number of esters is 1. The van der Waals surface area contributed by atoms with Crippen LogP contribution in [0.1, 0.15) is 52.9 Å². The molecule has 0 radical (unpaired) electrons. The van der Waals surface area contributed by atoms with E-state index >= 15 is 0 Å². The number of rotatable bonds is 9. The molecule has 1 atom stereocenters. The Morgan fingerprint density at radius 3 is 2.35 bits per heavy atom. The number of thioether (sulfide) groups is 1. The molecule has 0 spiro atoms. The molecule has 0 saturated heterocycles. The highest BCUT2D eigenvalue weighted by atomic mass is 32.2. The highest BCUT2D eigenvalue weighted by Gasteiger charge is 2.45. The molecule has 1 rings (SSSR count). The molecule has 1 aliphatic rings. The van der Waals surface area contributed by atoms with E-state index in [1.165, 1.54) is 7.11 Å². The summed E-state index contributed by atoms with van der Waals surface area (Å²) in [5.74, 6) is 0.828. The average molecular weight is 301 g/mol. The van der Waals surface area contributed by atoms with Gasteiger partial charge in [-0.2, -0.15) is 0 Å². The number of methoxy groups -OCH3 is 1. The molecule has 1 N–H and O–H groups in total. The molecule has 0 aromatic carbocycles. The van der Waals surface area contributed by atoms with Crippen LogP contribution in [-0.4, -0.2) is 36.0 Å². The van der Waals surface area contributed by atoms with Crippen LogP contribution in [0.5, 0.6) is 0 Å². The van der Waals surface area contributed by atoms with Gasteiger partial charge in [-0.3, -0.25) is 9.59 Å². The fourth-order valence-corrected chi connectivity index (χ4v) is 3.33. The van der Waals surface area contributed by atoms with Gasteiger partial charge in [0.15, 0.2) is 0 Å². The Bertz CT molecular complexity index is 338. The minimum absolute atomic E-state index is 0.0641. The molecule has 1 saturated carbocycles. The van der Waals surface area contributed by atoms with Crippen LogP contribution in [0, 0.1) is 5.41 Å². The summed E-state index contributed by atoms with van der Waals surface area (Å²) in [6.45, 7) is 6.11. The van der Waals surface area contributed by atoms with Gasteiger partial charge in [0.25, 0.3) is 0 Å². The molecule has 116 valence electrons. The van der Waals surface area contributed by atoms with Crippen LogP contribution >= 0.6 is 11.8 Å². The molecule has 4 nitrogen and oxygen atoms in total. The first kappa shape index (κ1) is 17.3. The molecule has 0 heterocycles. The maximum absolute atomic E-state index is 12.1. The van der Waals surface area contributed by atoms with Gasteiger partial charge in [-0.05, 0) is 38.0 Å². The molecule has 1 amide bonds. The zero-order valence-corrected chi connectivity index (χ0v) is 13.8. The molecule has 0 aromatic rings. The summed E-state index contributed by atoms with van der Waals surface area (Å²) < 4.78 is 4.73. The largest absolute Gasteiger partial charge is 0.469 e. The maximum Gasteiger partial charge on any atom is 0.306 e. The second kappa shape index (κ2) is 7.91. The normalized spacial score (nSPS) is 17.6. The van der Waals surface area contributed by atoms with Crippen molar-refractivity contribution >= 4 is 23.6 Å². The summed E-state index contributed by atoms with van der Waals surface area (Å²) >= 11 is 1.65. The van der Waals surface area contributed by atoms with Gasteiger partial charge in [-0.15, -0.1) is 11.8 Å². The smallest absolute Gasteiger partial charge is 0.306 e. The fourth-order valence-electron chi connectivity index (χ4n) is 2.12. The Hall–Kier alpha value is -0.710.